The number of anilines is 1. The molecule has 112 valence electrons. The second kappa shape index (κ2) is 6.28. The van der Waals surface area contributed by atoms with E-state index in [4.69, 9.17) is 11.6 Å². The Morgan fingerprint density at radius 2 is 2.00 bits per heavy atom. The molecule has 1 aromatic rings. The van der Waals surface area contributed by atoms with Crippen LogP contribution < -0.4 is 4.72 Å². The van der Waals surface area contributed by atoms with Crippen LogP contribution in [0.3, 0.4) is 0 Å². The summed E-state index contributed by atoms with van der Waals surface area (Å²) in [6, 6.07) is 1.75. The van der Waals surface area contributed by atoms with E-state index in [0.29, 0.717) is 5.69 Å². The Morgan fingerprint density at radius 3 is 2.65 bits per heavy atom. The first kappa shape index (κ1) is 15.5. The highest BCUT2D eigenvalue weighted by molar-refractivity contribution is 7.90. The normalized spacial score (nSPS) is 17.4. The molecule has 0 amide bonds. The third-order valence-corrected chi connectivity index (χ3v) is 5.52. The lowest BCUT2D eigenvalue weighted by atomic mass is 9.96. The van der Waals surface area contributed by atoms with Crippen molar-refractivity contribution in [2.45, 2.75) is 45.1 Å². The number of hydrogen-bond donors (Lipinski definition) is 1. The molecule has 0 spiro atoms. The van der Waals surface area contributed by atoms with E-state index in [2.05, 4.69) is 9.71 Å². The molecule has 1 aromatic heterocycles. The molecule has 0 unspecified atom stereocenters. The highest BCUT2D eigenvalue weighted by atomic mass is 35.5. The number of nitrogens with zero attached hydrogens (tertiary/aromatic N) is 2. The monoisotopic (exact) mass is 317 g/mol. The third-order valence-electron chi connectivity index (χ3n) is 3.68. The van der Waals surface area contributed by atoms with Gasteiger partial charge in [-0.2, -0.15) is 12.7 Å². The minimum absolute atomic E-state index is 0.0674. The summed E-state index contributed by atoms with van der Waals surface area (Å²) in [4.78, 5) is 3.95. The van der Waals surface area contributed by atoms with Gasteiger partial charge in [0.2, 0.25) is 0 Å². The van der Waals surface area contributed by atoms with Crippen molar-refractivity contribution in [1.82, 2.24) is 9.29 Å². The lowest BCUT2D eigenvalue weighted by Gasteiger charge is -2.30. The number of aromatic nitrogens is 1. The Balaban J connectivity index is 2.15. The van der Waals surface area contributed by atoms with Gasteiger partial charge in [-0.15, -0.1) is 0 Å². The van der Waals surface area contributed by atoms with Gasteiger partial charge in [-0.25, -0.2) is 4.98 Å². The van der Waals surface area contributed by atoms with Crippen molar-refractivity contribution < 1.29 is 8.42 Å². The van der Waals surface area contributed by atoms with Gasteiger partial charge in [-0.05, 0) is 31.4 Å². The predicted molar refractivity (Wildman–Crippen MR) is 81.2 cm³/mol. The number of aryl methyl sites for hydroxylation is 1. The van der Waals surface area contributed by atoms with Gasteiger partial charge in [-0.1, -0.05) is 30.9 Å². The molecule has 0 radical (unpaired) electrons. The minimum Gasteiger partial charge on any atom is -0.268 e. The quantitative estimate of drug-likeness (QED) is 0.868. The predicted octanol–water partition coefficient (Wildman–Crippen LogP) is 2.96. The summed E-state index contributed by atoms with van der Waals surface area (Å²) in [6.45, 7) is 1.84. The second-order valence-corrected chi connectivity index (χ2v) is 7.35. The molecule has 1 heterocycles. The first-order valence-electron chi connectivity index (χ1n) is 6.78. The van der Waals surface area contributed by atoms with Gasteiger partial charge in [0, 0.05) is 19.3 Å². The average molecular weight is 318 g/mol. The molecule has 0 aromatic carbocycles. The fourth-order valence-corrected chi connectivity index (χ4v) is 3.86. The lowest BCUT2D eigenvalue weighted by Crippen LogP contribution is -2.41. The van der Waals surface area contributed by atoms with Crippen LogP contribution in [0.4, 0.5) is 5.69 Å². The van der Waals surface area contributed by atoms with Crippen molar-refractivity contribution in [3.8, 4) is 0 Å². The van der Waals surface area contributed by atoms with Crippen LogP contribution in [0.25, 0.3) is 0 Å². The molecule has 1 fully saturated rings. The van der Waals surface area contributed by atoms with E-state index in [9.17, 15) is 8.42 Å². The van der Waals surface area contributed by atoms with Gasteiger partial charge in [0.05, 0.1) is 5.69 Å². The lowest BCUT2D eigenvalue weighted by molar-refractivity contribution is 0.287. The molecule has 0 bridgehead atoms. The van der Waals surface area contributed by atoms with E-state index in [1.165, 1.54) is 10.7 Å². The van der Waals surface area contributed by atoms with Crippen LogP contribution in [0.1, 0.15) is 37.7 Å². The van der Waals surface area contributed by atoms with Gasteiger partial charge in [0.15, 0.2) is 5.15 Å². The molecule has 0 saturated heterocycles. The fraction of sp³-hybridized carbons (Fsp3) is 0.615. The summed E-state index contributed by atoms with van der Waals surface area (Å²) in [6.07, 6.45) is 6.78. The largest absolute Gasteiger partial charge is 0.301 e. The number of hydrogen-bond acceptors (Lipinski definition) is 3. The van der Waals surface area contributed by atoms with Crippen LogP contribution in [0.2, 0.25) is 5.15 Å². The molecular formula is C13H20ClN3O2S. The van der Waals surface area contributed by atoms with Gasteiger partial charge in [0.25, 0.3) is 0 Å². The first-order chi connectivity index (χ1) is 9.40. The molecule has 0 aliphatic heterocycles. The van der Waals surface area contributed by atoms with E-state index >= 15 is 0 Å². The number of pyridine rings is 1. The van der Waals surface area contributed by atoms with Gasteiger partial charge < -0.3 is 0 Å². The van der Waals surface area contributed by atoms with Crippen LogP contribution >= 0.6 is 11.6 Å². The zero-order chi connectivity index (χ0) is 14.8. The maximum atomic E-state index is 12.4. The fourth-order valence-electron chi connectivity index (χ4n) is 2.48. The van der Waals surface area contributed by atoms with E-state index in [-0.39, 0.29) is 11.2 Å². The van der Waals surface area contributed by atoms with Crippen LogP contribution in [-0.2, 0) is 10.2 Å². The van der Waals surface area contributed by atoms with Crippen molar-refractivity contribution in [2.75, 3.05) is 11.8 Å². The van der Waals surface area contributed by atoms with E-state index in [0.717, 1.165) is 31.2 Å². The summed E-state index contributed by atoms with van der Waals surface area (Å²) in [5, 5.41) is 0.163. The standard InChI is InChI=1S/C13H20ClN3O2S/c1-10-8-12(13(14)15-9-10)16-20(18,19)17(2)11-6-4-3-5-7-11/h8-9,11,16H,3-7H2,1-2H3. The first-order valence-corrected chi connectivity index (χ1v) is 8.60. The molecule has 1 N–H and O–H groups in total. The maximum absolute atomic E-state index is 12.4. The van der Waals surface area contributed by atoms with Gasteiger partial charge in [-0.3, -0.25) is 4.72 Å². The molecule has 2 rings (SSSR count). The highest BCUT2D eigenvalue weighted by Gasteiger charge is 2.28. The zero-order valence-electron chi connectivity index (χ0n) is 11.8. The average Bonchev–Trinajstić information content (AvgIpc) is 2.43. The van der Waals surface area contributed by atoms with Gasteiger partial charge >= 0.3 is 10.2 Å². The van der Waals surface area contributed by atoms with Crippen molar-refractivity contribution in [3.05, 3.63) is 23.0 Å². The zero-order valence-corrected chi connectivity index (χ0v) is 13.3. The number of halogens is 1. The number of rotatable bonds is 4. The molecule has 0 atom stereocenters. The molecule has 20 heavy (non-hydrogen) atoms. The molecule has 5 nitrogen and oxygen atoms in total. The Morgan fingerprint density at radius 1 is 1.35 bits per heavy atom. The summed E-state index contributed by atoms with van der Waals surface area (Å²) in [7, 11) is -1.97. The minimum atomic E-state index is -3.59. The van der Waals surface area contributed by atoms with Crippen LogP contribution in [0.5, 0.6) is 0 Å². The summed E-state index contributed by atoms with van der Waals surface area (Å²) < 4.78 is 28.7. The van der Waals surface area contributed by atoms with E-state index in [1.54, 1.807) is 19.3 Å². The van der Waals surface area contributed by atoms with Gasteiger partial charge in [0.1, 0.15) is 0 Å². The molecule has 1 aliphatic rings. The summed E-state index contributed by atoms with van der Waals surface area (Å²) in [5.41, 5.74) is 1.18. The maximum Gasteiger partial charge on any atom is 0.301 e. The van der Waals surface area contributed by atoms with Crippen molar-refractivity contribution in [2.24, 2.45) is 0 Å². The van der Waals surface area contributed by atoms with Crippen molar-refractivity contribution in [1.29, 1.82) is 0 Å². The Bertz CT molecular complexity index is 571. The topological polar surface area (TPSA) is 62.3 Å². The van der Waals surface area contributed by atoms with Crippen molar-refractivity contribution >= 4 is 27.5 Å². The van der Waals surface area contributed by atoms with E-state index in [1.807, 2.05) is 6.92 Å². The SMILES string of the molecule is Cc1cnc(Cl)c(NS(=O)(=O)N(C)C2CCCCC2)c1. The molecular weight excluding hydrogens is 298 g/mol. The summed E-state index contributed by atoms with van der Waals surface area (Å²) >= 11 is 5.94. The smallest absolute Gasteiger partial charge is 0.268 e. The Labute approximate surface area is 125 Å². The molecule has 1 aliphatic carbocycles. The third kappa shape index (κ3) is 3.62. The number of nitrogens with one attached hydrogen (secondary N) is 1. The van der Waals surface area contributed by atoms with E-state index < -0.39 is 10.2 Å². The summed E-state index contributed by atoms with van der Waals surface area (Å²) in [5.74, 6) is 0. The van der Waals surface area contributed by atoms with Crippen molar-refractivity contribution in [3.63, 3.8) is 0 Å². The molecule has 1 saturated carbocycles. The Kier molecular flexibility index (Phi) is 4.88. The van der Waals surface area contributed by atoms with Crippen LogP contribution in [0.15, 0.2) is 12.3 Å². The second-order valence-electron chi connectivity index (χ2n) is 5.27. The Hall–Kier alpha value is -0.850. The van der Waals surface area contributed by atoms with Crippen LogP contribution in [-0.4, -0.2) is 30.8 Å². The highest BCUT2D eigenvalue weighted by Crippen LogP contribution is 2.26. The molecule has 7 heteroatoms. The van der Waals surface area contributed by atoms with Crippen LogP contribution in [0, 0.1) is 6.92 Å².